The highest BCUT2D eigenvalue weighted by Gasteiger charge is 2.02. The van der Waals surface area contributed by atoms with Crippen molar-refractivity contribution < 1.29 is 5.11 Å². The summed E-state index contributed by atoms with van der Waals surface area (Å²) in [6.07, 6.45) is 2.81. The summed E-state index contributed by atoms with van der Waals surface area (Å²) in [6, 6.07) is -0.0338. The maximum Gasteiger partial charge on any atom is 0.0796 e. The SMILES string of the molecule is C/C(=C/O)[C@@H](N)CCCN. The second-order valence-electron chi connectivity index (χ2n) is 2.41. The van der Waals surface area contributed by atoms with Gasteiger partial charge in [0.25, 0.3) is 0 Å². The van der Waals surface area contributed by atoms with E-state index in [0.29, 0.717) is 6.54 Å². The van der Waals surface area contributed by atoms with Crippen molar-refractivity contribution in [2.24, 2.45) is 11.5 Å². The van der Waals surface area contributed by atoms with Crippen molar-refractivity contribution in [1.29, 1.82) is 0 Å². The largest absolute Gasteiger partial charge is 0.516 e. The third kappa shape index (κ3) is 3.48. The van der Waals surface area contributed by atoms with Crippen LogP contribution in [0.5, 0.6) is 0 Å². The summed E-state index contributed by atoms with van der Waals surface area (Å²) >= 11 is 0. The molecule has 10 heavy (non-hydrogen) atoms. The van der Waals surface area contributed by atoms with Gasteiger partial charge < -0.3 is 16.6 Å². The highest BCUT2D eigenvalue weighted by Crippen LogP contribution is 2.03. The van der Waals surface area contributed by atoms with E-state index in [1.165, 1.54) is 0 Å². The monoisotopic (exact) mass is 144 g/mol. The van der Waals surface area contributed by atoms with Gasteiger partial charge in [0.2, 0.25) is 0 Å². The fourth-order valence-corrected chi connectivity index (χ4v) is 0.661. The summed E-state index contributed by atoms with van der Waals surface area (Å²) in [4.78, 5) is 0. The highest BCUT2D eigenvalue weighted by molar-refractivity contribution is 5.02. The van der Waals surface area contributed by atoms with Crippen LogP contribution in [0.1, 0.15) is 19.8 Å². The summed E-state index contributed by atoms with van der Waals surface area (Å²) in [7, 11) is 0. The first-order valence-corrected chi connectivity index (χ1v) is 3.49. The molecule has 5 N–H and O–H groups in total. The molecule has 0 fully saturated rings. The maximum atomic E-state index is 8.53. The van der Waals surface area contributed by atoms with E-state index < -0.39 is 0 Å². The van der Waals surface area contributed by atoms with Gasteiger partial charge in [-0.15, -0.1) is 0 Å². The predicted octanol–water partition coefficient (Wildman–Crippen LogP) is 0.514. The van der Waals surface area contributed by atoms with E-state index in [4.69, 9.17) is 16.6 Å². The zero-order valence-electron chi connectivity index (χ0n) is 6.38. The molecular weight excluding hydrogens is 128 g/mol. The van der Waals surface area contributed by atoms with Gasteiger partial charge in [-0.25, -0.2) is 0 Å². The van der Waals surface area contributed by atoms with Crippen LogP contribution < -0.4 is 11.5 Å². The van der Waals surface area contributed by atoms with Crippen molar-refractivity contribution in [1.82, 2.24) is 0 Å². The molecule has 1 atom stereocenters. The minimum atomic E-state index is -0.0338. The molecule has 0 heterocycles. The lowest BCUT2D eigenvalue weighted by Crippen LogP contribution is -2.22. The normalized spacial score (nSPS) is 15.3. The summed E-state index contributed by atoms with van der Waals surface area (Å²) in [6.45, 7) is 2.47. The Labute approximate surface area is 61.7 Å². The number of aliphatic hydroxyl groups excluding tert-OH is 1. The van der Waals surface area contributed by atoms with E-state index >= 15 is 0 Å². The van der Waals surface area contributed by atoms with Crippen LogP contribution in [0.2, 0.25) is 0 Å². The van der Waals surface area contributed by atoms with Gasteiger partial charge in [0.15, 0.2) is 0 Å². The molecule has 0 aromatic heterocycles. The lowest BCUT2D eigenvalue weighted by molar-refractivity contribution is 0.458. The Balaban J connectivity index is 3.51. The quantitative estimate of drug-likeness (QED) is 0.503. The molecule has 60 valence electrons. The van der Waals surface area contributed by atoms with Gasteiger partial charge in [-0.3, -0.25) is 0 Å². The Morgan fingerprint density at radius 3 is 2.70 bits per heavy atom. The van der Waals surface area contributed by atoms with Crippen LogP contribution in [0.4, 0.5) is 0 Å². The molecule has 0 saturated heterocycles. The predicted molar refractivity (Wildman–Crippen MR) is 42.6 cm³/mol. The molecule has 0 aliphatic heterocycles. The van der Waals surface area contributed by atoms with Crippen LogP contribution in [0.25, 0.3) is 0 Å². The van der Waals surface area contributed by atoms with Crippen molar-refractivity contribution in [3.8, 4) is 0 Å². The van der Waals surface area contributed by atoms with Crippen LogP contribution in [0, 0.1) is 0 Å². The van der Waals surface area contributed by atoms with Crippen LogP contribution in [0.15, 0.2) is 11.8 Å². The molecule has 0 amide bonds. The van der Waals surface area contributed by atoms with Crippen LogP contribution >= 0.6 is 0 Å². The minimum Gasteiger partial charge on any atom is -0.516 e. The van der Waals surface area contributed by atoms with Gasteiger partial charge in [-0.2, -0.15) is 0 Å². The smallest absolute Gasteiger partial charge is 0.0796 e. The lowest BCUT2D eigenvalue weighted by Gasteiger charge is -2.09. The first-order chi connectivity index (χ1) is 4.72. The van der Waals surface area contributed by atoms with E-state index in [1.807, 2.05) is 0 Å². The lowest BCUT2D eigenvalue weighted by atomic mass is 10.1. The number of rotatable bonds is 4. The van der Waals surface area contributed by atoms with Gasteiger partial charge >= 0.3 is 0 Å². The summed E-state index contributed by atoms with van der Waals surface area (Å²) < 4.78 is 0. The van der Waals surface area contributed by atoms with Crippen molar-refractivity contribution in [3.63, 3.8) is 0 Å². The molecule has 0 aliphatic rings. The Morgan fingerprint density at radius 2 is 2.30 bits per heavy atom. The van der Waals surface area contributed by atoms with E-state index in [1.54, 1.807) is 6.92 Å². The van der Waals surface area contributed by atoms with E-state index in [-0.39, 0.29) is 6.04 Å². The second-order valence-corrected chi connectivity index (χ2v) is 2.41. The number of nitrogens with two attached hydrogens (primary N) is 2. The Morgan fingerprint density at radius 1 is 1.70 bits per heavy atom. The zero-order chi connectivity index (χ0) is 7.98. The Hall–Kier alpha value is -0.540. The fourth-order valence-electron chi connectivity index (χ4n) is 0.661. The first-order valence-electron chi connectivity index (χ1n) is 3.49. The summed E-state index contributed by atoms with van der Waals surface area (Å²) in [5, 5.41) is 8.53. The summed E-state index contributed by atoms with van der Waals surface area (Å²) in [5.41, 5.74) is 11.7. The Kier molecular flexibility index (Phi) is 4.98. The molecule has 3 heteroatoms. The number of hydrogen-bond acceptors (Lipinski definition) is 3. The molecule has 0 unspecified atom stereocenters. The van der Waals surface area contributed by atoms with Gasteiger partial charge in [0.1, 0.15) is 0 Å². The van der Waals surface area contributed by atoms with Crippen molar-refractivity contribution in [3.05, 3.63) is 11.8 Å². The maximum absolute atomic E-state index is 8.53. The van der Waals surface area contributed by atoms with Crippen molar-refractivity contribution in [2.45, 2.75) is 25.8 Å². The Bertz CT molecular complexity index is 112. The van der Waals surface area contributed by atoms with E-state index in [0.717, 1.165) is 24.7 Å². The van der Waals surface area contributed by atoms with Crippen molar-refractivity contribution >= 4 is 0 Å². The zero-order valence-corrected chi connectivity index (χ0v) is 6.38. The van der Waals surface area contributed by atoms with Gasteiger partial charge in [0.05, 0.1) is 6.26 Å². The van der Waals surface area contributed by atoms with Crippen LogP contribution in [-0.2, 0) is 0 Å². The molecule has 0 rings (SSSR count). The third-order valence-electron chi connectivity index (χ3n) is 1.51. The first kappa shape index (κ1) is 9.46. The average Bonchev–Trinajstić information content (AvgIpc) is 1.98. The molecule has 0 aliphatic carbocycles. The van der Waals surface area contributed by atoms with Crippen molar-refractivity contribution in [2.75, 3.05) is 6.54 Å². The van der Waals surface area contributed by atoms with Crippen LogP contribution in [0.3, 0.4) is 0 Å². The summed E-state index contributed by atoms with van der Waals surface area (Å²) in [5.74, 6) is 0. The third-order valence-corrected chi connectivity index (χ3v) is 1.51. The topological polar surface area (TPSA) is 72.3 Å². The van der Waals surface area contributed by atoms with E-state index in [2.05, 4.69) is 0 Å². The van der Waals surface area contributed by atoms with Gasteiger partial charge in [-0.1, -0.05) is 0 Å². The average molecular weight is 144 g/mol. The molecule has 0 spiro atoms. The minimum absolute atomic E-state index is 0.0338. The molecule has 0 aromatic rings. The molecule has 3 nitrogen and oxygen atoms in total. The molecule has 0 bridgehead atoms. The highest BCUT2D eigenvalue weighted by atomic mass is 16.2. The molecule has 0 radical (unpaired) electrons. The molecule has 0 aromatic carbocycles. The van der Waals surface area contributed by atoms with Gasteiger partial charge in [-0.05, 0) is 31.9 Å². The standard InChI is InChI=1S/C7H16N2O/c1-6(5-10)7(9)3-2-4-8/h5,7,10H,2-4,8-9H2,1H3/b6-5-/t7-/m0/s1. The second kappa shape index (κ2) is 5.26. The van der Waals surface area contributed by atoms with Gasteiger partial charge in [0, 0.05) is 6.04 Å². The molecule has 0 saturated carbocycles. The van der Waals surface area contributed by atoms with Crippen LogP contribution in [-0.4, -0.2) is 17.7 Å². The van der Waals surface area contributed by atoms with E-state index in [9.17, 15) is 0 Å². The fraction of sp³-hybridized carbons (Fsp3) is 0.714. The molecular formula is C7H16N2O. The number of hydrogen-bond donors (Lipinski definition) is 3. The number of aliphatic hydroxyl groups is 1.